The molecule has 106 valence electrons. The summed E-state index contributed by atoms with van der Waals surface area (Å²) < 4.78 is 0. The zero-order valence-electron chi connectivity index (χ0n) is 13.2. The van der Waals surface area contributed by atoms with Crippen LogP contribution in [-0.2, 0) is 0 Å². The van der Waals surface area contributed by atoms with E-state index in [2.05, 4.69) is 51.9 Å². The van der Waals surface area contributed by atoms with Gasteiger partial charge in [0.2, 0.25) is 0 Å². The average molecular weight is 274 g/mol. The second kappa shape index (κ2) is 7.49. The van der Waals surface area contributed by atoms with E-state index in [0.29, 0.717) is 0 Å². The fourth-order valence-electron chi connectivity index (χ4n) is 2.54. The van der Waals surface area contributed by atoms with Crippen LogP contribution in [0.15, 0.2) is 37.9 Å². The molecule has 1 heteroatoms. The molecule has 0 saturated carbocycles. The molecule has 0 heterocycles. The Labute approximate surface area is 129 Å². The first-order valence-electron chi connectivity index (χ1n) is 7.15. The Balaban J connectivity index is 4.11. The van der Waals surface area contributed by atoms with Gasteiger partial charge in [-0.15, -0.1) is 0 Å². The maximum Gasteiger partial charge on any atom is 0.154 e. The number of benzene rings is 1. The van der Waals surface area contributed by atoms with Gasteiger partial charge in [-0.25, -0.2) is 0 Å². The van der Waals surface area contributed by atoms with Crippen LogP contribution in [0.5, 0.6) is 0 Å². The first-order chi connectivity index (χ1) is 10.1. The summed E-state index contributed by atoms with van der Waals surface area (Å²) in [6.45, 7) is 24.2. The van der Waals surface area contributed by atoms with Gasteiger partial charge in [0.15, 0.2) is 7.28 Å². The predicted octanol–water partition coefficient (Wildman–Crippen LogP) is 3.84. The van der Waals surface area contributed by atoms with Gasteiger partial charge in [-0.2, -0.15) is 0 Å². The number of hydrogen-bond acceptors (Lipinski definition) is 0. The van der Waals surface area contributed by atoms with Crippen LogP contribution < -0.4 is 10.4 Å². The van der Waals surface area contributed by atoms with Crippen LogP contribution >= 0.6 is 0 Å². The molecule has 0 saturated heterocycles. The van der Waals surface area contributed by atoms with Crippen molar-refractivity contribution in [1.82, 2.24) is 0 Å². The third-order valence-electron chi connectivity index (χ3n) is 3.74. The highest BCUT2D eigenvalue weighted by molar-refractivity contribution is 6.46. The summed E-state index contributed by atoms with van der Waals surface area (Å²) >= 11 is 0. The van der Waals surface area contributed by atoms with Crippen molar-refractivity contribution in [3.63, 3.8) is 0 Å². The Morgan fingerprint density at radius 3 is 1.71 bits per heavy atom. The lowest BCUT2D eigenvalue weighted by Gasteiger charge is -2.13. The normalized spacial score (nSPS) is 11.9. The van der Waals surface area contributed by atoms with Gasteiger partial charge in [-0.1, -0.05) is 81.6 Å². The van der Waals surface area contributed by atoms with Crippen molar-refractivity contribution in [2.45, 2.75) is 13.7 Å². The molecule has 0 nitrogen and oxygen atoms in total. The van der Waals surface area contributed by atoms with Gasteiger partial charge >= 0.3 is 0 Å². The van der Waals surface area contributed by atoms with E-state index in [4.69, 9.17) is 0 Å². The lowest BCUT2D eigenvalue weighted by molar-refractivity contribution is 1.42. The summed E-state index contributed by atoms with van der Waals surface area (Å²) in [5, 5.41) is 2.03. The molecule has 0 fully saturated rings. The Bertz CT molecular complexity index is 730. The quantitative estimate of drug-likeness (QED) is 0.691. The molecule has 1 aromatic carbocycles. The second-order valence-electron chi connectivity index (χ2n) is 4.72. The molecule has 0 aliphatic heterocycles. The smallest absolute Gasteiger partial charge is 0.0984 e. The third-order valence-corrected chi connectivity index (χ3v) is 3.74. The van der Waals surface area contributed by atoms with Crippen LogP contribution in [0.25, 0.3) is 37.0 Å². The molecule has 21 heavy (non-hydrogen) atoms. The van der Waals surface area contributed by atoms with Gasteiger partial charge in [-0.05, 0) is 39.6 Å². The molecule has 0 N–H and O–H groups in total. The zero-order chi connectivity index (χ0) is 16.0. The lowest BCUT2D eigenvalue weighted by Crippen LogP contribution is -2.31. The van der Waals surface area contributed by atoms with E-state index in [0.717, 1.165) is 40.0 Å². The first kappa shape index (κ1) is 16.8. The van der Waals surface area contributed by atoms with Crippen molar-refractivity contribution in [2.75, 3.05) is 0 Å². The molecule has 0 unspecified atom stereocenters. The van der Waals surface area contributed by atoms with E-state index >= 15 is 0 Å². The minimum Gasteiger partial charge on any atom is -0.0984 e. The zero-order valence-corrected chi connectivity index (χ0v) is 13.2. The van der Waals surface area contributed by atoms with Gasteiger partial charge in [0, 0.05) is 0 Å². The maximum absolute atomic E-state index is 4.25. The molecule has 1 aromatic rings. The summed E-state index contributed by atoms with van der Waals surface area (Å²) in [7, 11) is 0.975. The molecule has 0 radical (unpaired) electrons. The van der Waals surface area contributed by atoms with Gasteiger partial charge in [0.1, 0.15) is 0 Å². The van der Waals surface area contributed by atoms with Gasteiger partial charge in [0.25, 0.3) is 0 Å². The molecule has 0 aliphatic carbocycles. The van der Waals surface area contributed by atoms with Crippen LogP contribution in [0.4, 0.5) is 0 Å². The average Bonchev–Trinajstić information content (AvgIpc) is 2.52. The minimum absolute atomic E-state index is 0.952. The maximum atomic E-state index is 4.25. The van der Waals surface area contributed by atoms with Crippen molar-refractivity contribution < 1.29 is 0 Å². The Morgan fingerprint density at radius 2 is 1.33 bits per heavy atom. The molecular weight excluding hydrogens is 251 g/mol. The highest BCUT2D eigenvalue weighted by Gasteiger charge is 2.09. The topological polar surface area (TPSA) is 0 Å². The molecule has 0 atom stereocenters. The fourth-order valence-corrected chi connectivity index (χ4v) is 2.54. The van der Waals surface area contributed by atoms with Gasteiger partial charge in [0.05, 0.1) is 0 Å². The summed E-state index contributed by atoms with van der Waals surface area (Å²) in [5.41, 5.74) is 5.35. The van der Waals surface area contributed by atoms with Crippen LogP contribution in [0.2, 0.25) is 6.82 Å². The molecule has 0 aliphatic rings. The second-order valence-corrected chi connectivity index (χ2v) is 4.72. The summed E-state index contributed by atoms with van der Waals surface area (Å²) in [4.78, 5) is 0. The Morgan fingerprint density at radius 1 is 0.857 bits per heavy atom. The van der Waals surface area contributed by atoms with Crippen LogP contribution in [0.1, 0.15) is 29.2 Å². The fraction of sp³-hybridized carbons (Fsp3) is 0.100. The van der Waals surface area contributed by atoms with Crippen molar-refractivity contribution in [1.29, 1.82) is 0 Å². The van der Waals surface area contributed by atoms with Crippen molar-refractivity contribution in [3.05, 3.63) is 70.6 Å². The van der Waals surface area contributed by atoms with Gasteiger partial charge < -0.3 is 0 Å². The number of rotatable bonds is 6. The number of hydrogen-bond donors (Lipinski definition) is 0. The van der Waals surface area contributed by atoms with E-state index in [-0.39, 0.29) is 0 Å². The highest BCUT2D eigenvalue weighted by atomic mass is 14.1. The Kier molecular flexibility index (Phi) is 5.99. The minimum atomic E-state index is 0.952. The molecule has 1 rings (SSSR count). The summed E-state index contributed by atoms with van der Waals surface area (Å²) in [5.74, 6) is 0. The number of allylic oxidation sites excluding steroid dienone is 2. The van der Waals surface area contributed by atoms with E-state index in [1.807, 2.05) is 31.2 Å². The van der Waals surface area contributed by atoms with E-state index in [1.165, 1.54) is 5.47 Å². The Hall–Kier alpha value is -2.28. The van der Waals surface area contributed by atoms with E-state index < -0.39 is 0 Å². The van der Waals surface area contributed by atoms with Gasteiger partial charge in [-0.3, -0.25) is 0 Å². The van der Waals surface area contributed by atoms with E-state index in [9.17, 15) is 0 Å². The summed E-state index contributed by atoms with van der Waals surface area (Å²) in [6, 6.07) is 0. The van der Waals surface area contributed by atoms with Crippen molar-refractivity contribution >= 4 is 44.2 Å². The van der Waals surface area contributed by atoms with Crippen molar-refractivity contribution in [2.24, 2.45) is 0 Å². The third kappa shape index (κ3) is 3.08. The summed E-state index contributed by atoms with van der Waals surface area (Å²) in [6.07, 6.45) is 11.7. The molecular formula is C20H23B. The predicted molar refractivity (Wildman–Crippen MR) is 103 cm³/mol. The largest absolute Gasteiger partial charge is 0.154 e. The molecule has 0 spiro atoms. The monoisotopic (exact) mass is 274 g/mol. The molecule has 0 amide bonds. The highest BCUT2D eigenvalue weighted by Crippen LogP contribution is 2.19. The van der Waals surface area contributed by atoms with Crippen LogP contribution in [0.3, 0.4) is 0 Å². The standard InChI is InChI=1S/C20H23B/c1-8-15(21-7)13-20-14(6)16(9-2)17(10-3)18(11-4)19(20)12-5/h8-13,21H,2-6H2,1,7H3/b15-8+,20-13+. The lowest BCUT2D eigenvalue weighted by atomic mass is 9.71. The SMILES string of the molecule is C=Cc1c(C=C)c(C=C)/c(=C/C(BC)=C\C)c(=C)c1C=C. The molecule has 0 aromatic heterocycles. The van der Waals surface area contributed by atoms with E-state index in [1.54, 1.807) is 0 Å². The van der Waals surface area contributed by atoms with Crippen LogP contribution in [-0.4, -0.2) is 7.28 Å². The van der Waals surface area contributed by atoms with Crippen molar-refractivity contribution in [3.8, 4) is 0 Å². The first-order valence-corrected chi connectivity index (χ1v) is 7.15. The molecule has 0 bridgehead atoms. The van der Waals surface area contributed by atoms with Crippen LogP contribution in [0, 0.1) is 0 Å².